The minimum Gasteiger partial charge on any atom is -0.310 e. The summed E-state index contributed by atoms with van der Waals surface area (Å²) in [6, 6.07) is 18.2. The predicted molar refractivity (Wildman–Crippen MR) is 91.7 cm³/mol. The van der Waals surface area contributed by atoms with Crippen LogP contribution in [0.15, 0.2) is 48.5 Å². The van der Waals surface area contributed by atoms with Crippen molar-refractivity contribution >= 4 is 0 Å². The quantitative estimate of drug-likeness (QED) is 0.765. The Balaban J connectivity index is 2.18. The summed E-state index contributed by atoms with van der Waals surface area (Å²) in [6.07, 6.45) is 3.32. The van der Waals surface area contributed by atoms with Crippen LogP contribution in [0.2, 0.25) is 0 Å². The molecule has 0 aliphatic heterocycles. The smallest absolute Gasteiger partial charge is 0.0360 e. The molecular weight excluding hydrogens is 254 g/mol. The molecule has 0 amide bonds. The molecule has 0 spiro atoms. The van der Waals surface area contributed by atoms with E-state index in [1.54, 1.807) is 0 Å². The molecule has 0 fully saturated rings. The lowest BCUT2D eigenvalue weighted by molar-refractivity contribution is 0.528. The van der Waals surface area contributed by atoms with Gasteiger partial charge >= 0.3 is 0 Å². The SMILES string of the molecule is CCCNC(Cc1ccccc1C)c1ccc(CC)cc1. The van der Waals surface area contributed by atoms with Gasteiger partial charge in [-0.1, -0.05) is 62.4 Å². The first kappa shape index (κ1) is 15.8. The lowest BCUT2D eigenvalue weighted by Gasteiger charge is -2.20. The Kier molecular flexibility index (Phi) is 6.01. The molecule has 0 radical (unpaired) electrons. The first-order chi connectivity index (χ1) is 10.2. The molecule has 1 N–H and O–H groups in total. The minimum absolute atomic E-state index is 0.400. The highest BCUT2D eigenvalue weighted by atomic mass is 14.9. The molecule has 0 aliphatic rings. The maximum absolute atomic E-state index is 3.70. The van der Waals surface area contributed by atoms with Crippen molar-refractivity contribution in [2.24, 2.45) is 0 Å². The van der Waals surface area contributed by atoms with Crippen molar-refractivity contribution in [3.8, 4) is 0 Å². The average molecular weight is 281 g/mol. The van der Waals surface area contributed by atoms with E-state index < -0.39 is 0 Å². The van der Waals surface area contributed by atoms with E-state index in [1.807, 2.05) is 0 Å². The van der Waals surface area contributed by atoms with E-state index in [9.17, 15) is 0 Å². The second-order valence-electron chi connectivity index (χ2n) is 5.73. The van der Waals surface area contributed by atoms with Crippen LogP contribution in [-0.4, -0.2) is 6.54 Å². The Bertz CT molecular complexity index is 542. The van der Waals surface area contributed by atoms with E-state index in [2.05, 4.69) is 74.6 Å². The Morgan fingerprint density at radius 3 is 2.29 bits per heavy atom. The third kappa shape index (κ3) is 4.44. The number of hydrogen-bond acceptors (Lipinski definition) is 1. The van der Waals surface area contributed by atoms with E-state index in [0.717, 1.165) is 25.8 Å². The zero-order chi connectivity index (χ0) is 15.1. The normalized spacial score (nSPS) is 12.3. The summed E-state index contributed by atoms with van der Waals surface area (Å²) in [5.74, 6) is 0. The fourth-order valence-corrected chi connectivity index (χ4v) is 2.67. The Hall–Kier alpha value is -1.60. The average Bonchev–Trinajstić information content (AvgIpc) is 2.53. The molecule has 2 aromatic rings. The molecule has 2 aromatic carbocycles. The summed E-state index contributed by atoms with van der Waals surface area (Å²) in [7, 11) is 0. The number of aryl methyl sites for hydroxylation is 2. The van der Waals surface area contributed by atoms with E-state index >= 15 is 0 Å². The van der Waals surface area contributed by atoms with Crippen LogP contribution in [-0.2, 0) is 12.8 Å². The summed E-state index contributed by atoms with van der Waals surface area (Å²) >= 11 is 0. The maximum Gasteiger partial charge on any atom is 0.0360 e. The first-order valence-electron chi connectivity index (χ1n) is 8.11. The summed E-state index contributed by atoms with van der Waals surface area (Å²) in [6.45, 7) is 7.69. The molecule has 2 rings (SSSR count). The van der Waals surface area contributed by atoms with Gasteiger partial charge in [-0.3, -0.25) is 0 Å². The van der Waals surface area contributed by atoms with E-state index in [-0.39, 0.29) is 0 Å². The zero-order valence-electron chi connectivity index (χ0n) is 13.5. The van der Waals surface area contributed by atoms with Crippen molar-refractivity contribution in [2.75, 3.05) is 6.54 Å². The van der Waals surface area contributed by atoms with Gasteiger partial charge in [0.15, 0.2) is 0 Å². The van der Waals surface area contributed by atoms with Crippen molar-refractivity contribution in [2.45, 2.75) is 46.1 Å². The molecule has 0 aromatic heterocycles. The summed E-state index contributed by atoms with van der Waals surface area (Å²) in [5.41, 5.74) is 5.62. The number of rotatable bonds is 7. The number of hydrogen-bond donors (Lipinski definition) is 1. The van der Waals surface area contributed by atoms with Crippen molar-refractivity contribution in [3.05, 3.63) is 70.8 Å². The fraction of sp³-hybridized carbons (Fsp3) is 0.400. The molecule has 0 aliphatic carbocycles. The van der Waals surface area contributed by atoms with Crippen LogP contribution < -0.4 is 5.32 Å². The molecule has 0 bridgehead atoms. The highest BCUT2D eigenvalue weighted by Gasteiger charge is 2.12. The molecule has 1 heteroatoms. The zero-order valence-corrected chi connectivity index (χ0v) is 13.5. The summed E-state index contributed by atoms with van der Waals surface area (Å²) in [4.78, 5) is 0. The Labute approximate surface area is 129 Å². The Morgan fingerprint density at radius 1 is 0.952 bits per heavy atom. The lowest BCUT2D eigenvalue weighted by Crippen LogP contribution is -2.24. The molecule has 1 unspecified atom stereocenters. The third-order valence-electron chi connectivity index (χ3n) is 4.12. The van der Waals surface area contributed by atoms with Crippen LogP contribution in [0.25, 0.3) is 0 Å². The highest BCUT2D eigenvalue weighted by molar-refractivity contribution is 5.30. The third-order valence-corrected chi connectivity index (χ3v) is 4.12. The largest absolute Gasteiger partial charge is 0.310 e. The first-order valence-corrected chi connectivity index (χ1v) is 8.11. The van der Waals surface area contributed by atoms with Crippen LogP contribution >= 0.6 is 0 Å². The minimum atomic E-state index is 0.400. The van der Waals surface area contributed by atoms with Crippen LogP contribution in [0.4, 0.5) is 0 Å². The molecule has 0 heterocycles. The van der Waals surface area contributed by atoms with Gasteiger partial charge in [0, 0.05) is 6.04 Å². The summed E-state index contributed by atoms with van der Waals surface area (Å²) < 4.78 is 0. The van der Waals surface area contributed by atoms with Gasteiger partial charge in [-0.25, -0.2) is 0 Å². The van der Waals surface area contributed by atoms with Gasteiger partial charge in [-0.2, -0.15) is 0 Å². The van der Waals surface area contributed by atoms with Gasteiger partial charge in [-0.05, 0) is 55.0 Å². The molecule has 1 nitrogen and oxygen atoms in total. The number of nitrogens with one attached hydrogen (secondary N) is 1. The molecule has 1 atom stereocenters. The predicted octanol–water partition coefficient (Wildman–Crippen LogP) is 4.84. The van der Waals surface area contributed by atoms with Crippen LogP contribution in [0.3, 0.4) is 0 Å². The number of benzene rings is 2. The van der Waals surface area contributed by atoms with Gasteiger partial charge in [0.05, 0.1) is 0 Å². The van der Waals surface area contributed by atoms with E-state index in [0.29, 0.717) is 6.04 Å². The van der Waals surface area contributed by atoms with Gasteiger partial charge in [0.2, 0.25) is 0 Å². The standard InChI is InChI=1S/C20H27N/c1-4-14-21-20(15-19-9-7-6-8-16(19)3)18-12-10-17(5-2)11-13-18/h6-13,20-21H,4-5,14-15H2,1-3H3. The van der Waals surface area contributed by atoms with Gasteiger partial charge < -0.3 is 5.32 Å². The molecular formula is C20H27N. The summed E-state index contributed by atoms with van der Waals surface area (Å²) in [5, 5.41) is 3.70. The van der Waals surface area contributed by atoms with Gasteiger partial charge in [0.25, 0.3) is 0 Å². The van der Waals surface area contributed by atoms with Crippen molar-refractivity contribution in [3.63, 3.8) is 0 Å². The van der Waals surface area contributed by atoms with E-state index in [4.69, 9.17) is 0 Å². The fourth-order valence-electron chi connectivity index (χ4n) is 2.67. The van der Waals surface area contributed by atoms with E-state index in [1.165, 1.54) is 22.3 Å². The van der Waals surface area contributed by atoms with Gasteiger partial charge in [-0.15, -0.1) is 0 Å². The van der Waals surface area contributed by atoms with Crippen molar-refractivity contribution < 1.29 is 0 Å². The lowest BCUT2D eigenvalue weighted by atomic mass is 9.95. The molecule has 0 saturated heterocycles. The molecule has 21 heavy (non-hydrogen) atoms. The van der Waals surface area contributed by atoms with Crippen molar-refractivity contribution in [1.82, 2.24) is 5.32 Å². The van der Waals surface area contributed by atoms with Crippen LogP contribution in [0, 0.1) is 6.92 Å². The monoisotopic (exact) mass is 281 g/mol. The second-order valence-corrected chi connectivity index (χ2v) is 5.73. The maximum atomic E-state index is 3.70. The Morgan fingerprint density at radius 2 is 1.67 bits per heavy atom. The molecule has 0 saturated carbocycles. The van der Waals surface area contributed by atoms with Crippen LogP contribution in [0.5, 0.6) is 0 Å². The second kappa shape index (κ2) is 7.99. The highest BCUT2D eigenvalue weighted by Crippen LogP contribution is 2.21. The topological polar surface area (TPSA) is 12.0 Å². The molecule has 112 valence electrons. The van der Waals surface area contributed by atoms with Crippen molar-refractivity contribution in [1.29, 1.82) is 0 Å². The van der Waals surface area contributed by atoms with Crippen LogP contribution in [0.1, 0.15) is 48.6 Å². The van der Waals surface area contributed by atoms with Gasteiger partial charge in [0.1, 0.15) is 0 Å².